The van der Waals surface area contributed by atoms with E-state index in [2.05, 4.69) is 0 Å². The molecular weight excluding hydrogens is 118 g/mol. The monoisotopic (exact) mass is 127 g/mol. The maximum Gasteiger partial charge on any atom is 0.145 e. The van der Waals surface area contributed by atoms with E-state index in [0.29, 0.717) is 19.3 Å². The van der Waals surface area contributed by atoms with Gasteiger partial charge in [0.1, 0.15) is 12.2 Å². The average Bonchev–Trinajstić information content (AvgIpc) is 1.89. The lowest BCUT2D eigenvalue weighted by atomic mass is 10.2. The highest BCUT2D eigenvalue weighted by atomic mass is 16.1. The predicted molar refractivity (Wildman–Crippen MR) is 33.3 cm³/mol. The molecule has 0 aromatic heterocycles. The zero-order valence-corrected chi connectivity index (χ0v) is 5.09. The van der Waals surface area contributed by atoms with Crippen molar-refractivity contribution < 1.29 is 9.59 Å². The van der Waals surface area contributed by atoms with Crippen LogP contribution in [-0.4, -0.2) is 12.2 Å². The van der Waals surface area contributed by atoms with E-state index in [9.17, 15) is 9.59 Å². The standard InChI is InChI=1S/C6H9NO2/c7-6(5-9)3-1-2-4-8/h4H,1-3,7H2. The smallest absolute Gasteiger partial charge is 0.145 e. The molecule has 0 aromatic carbocycles. The minimum Gasteiger partial charge on any atom is -0.393 e. The third-order valence-corrected chi connectivity index (χ3v) is 0.899. The van der Waals surface area contributed by atoms with E-state index >= 15 is 0 Å². The molecule has 3 heteroatoms. The van der Waals surface area contributed by atoms with E-state index in [1.54, 1.807) is 5.94 Å². The highest BCUT2D eigenvalue weighted by molar-refractivity contribution is 5.52. The van der Waals surface area contributed by atoms with E-state index in [1.807, 2.05) is 0 Å². The van der Waals surface area contributed by atoms with Crippen LogP contribution < -0.4 is 5.73 Å². The normalized spacial score (nSPS) is 8.00. The third-order valence-electron chi connectivity index (χ3n) is 0.899. The van der Waals surface area contributed by atoms with Crippen molar-refractivity contribution in [3.05, 3.63) is 5.70 Å². The number of carbonyl (C=O) groups is 1. The molecule has 50 valence electrons. The average molecular weight is 127 g/mol. The summed E-state index contributed by atoms with van der Waals surface area (Å²) in [4.78, 5) is 19.4. The fourth-order valence-electron chi connectivity index (χ4n) is 0.427. The van der Waals surface area contributed by atoms with Gasteiger partial charge in [-0.15, -0.1) is 0 Å². The molecule has 3 nitrogen and oxygen atoms in total. The molecule has 0 radical (unpaired) electrons. The molecule has 0 amide bonds. The maximum atomic E-state index is 9.73. The molecule has 0 rings (SSSR count). The lowest BCUT2D eigenvalue weighted by Crippen LogP contribution is -1.97. The largest absolute Gasteiger partial charge is 0.393 e. The van der Waals surface area contributed by atoms with Gasteiger partial charge in [0.2, 0.25) is 0 Å². The van der Waals surface area contributed by atoms with Crippen LogP contribution in [0.4, 0.5) is 0 Å². The van der Waals surface area contributed by atoms with Gasteiger partial charge in [-0.3, -0.25) is 0 Å². The van der Waals surface area contributed by atoms with Crippen molar-refractivity contribution in [3.8, 4) is 0 Å². The SMILES string of the molecule is NC(=C=O)CCCC=O. The summed E-state index contributed by atoms with van der Waals surface area (Å²) in [5.74, 6) is 1.55. The van der Waals surface area contributed by atoms with Crippen LogP contribution in [0, 0.1) is 0 Å². The second-order valence-electron chi connectivity index (χ2n) is 1.69. The second kappa shape index (κ2) is 5.06. The van der Waals surface area contributed by atoms with Crippen molar-refractivity contribution in [1.29, 1.82) is 0 Å². The number of hydrogen-bond donors (Lipinski definition) is 1. The van der Waals surface area contributed by atoms with Crippen LogP contribution in [0.5, 0.6) is 0 Å². The Bertz CT molecular complexity index is 136. The van der Waals surface area contributed by atoms with Gasteiger partial charge in [0, 0.05) is 6.42 Å². The number of aldehydes is 1. The van der Waals surface area contributed by atoms with E-state index in [4.69, 9.17) is 5.73 Å². The van der Waals surface area contributed by atoms with Crippen molar-refractivity contribution in [2.24, 2.45) is 5.73 Å². The highest BCUT2D eigenvalue weighted by Gasteiger charge is 1.89. The summed E-state index contributed by atoms with van der Waals surface area (Å²) in [5.41, 5.74) is 5.28. The third kappa shape index (κ3) is 4.78. The van der Waals surface area contributed by atoms with Crippen LogP contribution in [0.1, 0.15) is 19.3 Å². The molecule has 0 saturated carbocycles. The molecule has 0 aliphatic carbocycles. The Labute approximate surface area is 53.5 Å². The van der Waals surface area contributed by atoms with Gasteiger partial charge in [-0.2, -0.15) is 0 Å². The number of unbranched alkanes of at least 4 members (excludes halogenated alkanes) is 1. The zero-order chi connectivity index (χ0) is 7.11. The Morgan fingerprint density at radius 1 is 1.67 bits per heavy atom. The number of carbonyl (C=O) groups excluding carboxylic acids is 2. The van der Waals surface area contributed by atoms with Gasteiger partial charge in [-0.1, -0.05) is 0 Å². The number of allylic oxidation sites excluding steroid dienone is 1. The van der Waals surface area contributed by atoms with Crippen LogP contribution in [0.2, 0.25) is 0 Å². The molecule has 0 unspecified atom stereocenters. The summed E-state index contributed by atoms with van der Waals surface area (Å²) in [6, 6.07) is 0. The Hall–Kier alpha value is -1.08. The molecule has 0 heterocycles. The van der Waals surface area contributed by atoms with E-state index in [0.717, 1.165) is 6.29 Å². The number of nitrogens with two attached hydrogens (primary N) is 1. The molecule has 0 aromatic rings. The molecule has 0 bridgehead atoms. The summed E-state index contributed by atoms with van der Waals surface area (Å²) in [5, 5.41) is 0. The summed E-state index contributed by atoms with van der Waals surface area (Å²) < 4.78 is 0. The maximum absolute atomic E-state index is 9.73. The first-order chi connectivity index (χ1) is 4.31. The molecule has 9 heavy (non-hydrogen) atoms. The molecule has 0 fully saturated rings. The van der Waals surface area contributed by atoms with Crippen molar-refractivity contribution in [3.63, 3.8) is 0 Å². The lowest BCUT2D eigenvalue weighted by Gasteiger charge is -1.89. The van der Waals surface area contributed by atoms with Crippen LogP contribution in [0.3, 0.4) is 0 Å². The Morgan fingerprint density at radius 2 is 2.33 bits per heavy atom. The van der Waals surface area contributed by atoms with Gasteiger partial charge in [0.15, 0.2) is 0 Å². The van der Waals surface area contributed by atoms with Crippen molar-refractivity contribution >= 4 is 12.2 Å². The summed E-state index contributed by atoms with van der Waals surface area (Å²) in [7, 11) is 0. The molecular formula is C6H9NO2. The molecule has 0 atom stereocenters. The summed E-state index contributed by atoms with van der Waals surface area (Å²) in [6.07, 6.45) is 2.38. The van der Waals surface area contributed by atoms with Crippen LogP contribution in [-0.2, 0) is 9.59 Å². The fraction of sp³-hybridized carbons (Fsp3) is 0.500. The minimum absolute atomic E-state index is 0.192. The summed E-state index contributed by atoms with van der Waals surface area (Å²) >= 11 is 0. The Morgan fingerprint density at radius 3 is 2.78 bits per heavy atom. The number of hydrogen-bond acceptors (Lipinski definition) is 3. The van der Waals surface area contributed by atoms with Gasteiger partial charge in [0.05, 0.1) is 5.70 Å². The first-order valence-electron chi connectivity index (χ1n) is 2.74. The van der Waals surface area contributed by atoms with E-state index < -0.39 is 0 Å². The molecule has 0 aliphatic rings. The first kappa shape index (κ1) is 7.92. The van der Waals surface area contributed by atoms with E-state index in [-0.39, 0.29) is 5.70 Å². The first-order valence-corrected chi connectivity index (χ1v) is 2.74. The van der Waals surface area contributed by atoms with E-state index in [1.165, 1.54) is 0 Å². The summed E-state index contributed by atoms with van der Waals surface area (Å²) in [6.45, 7) is 0. The van der Waals surface area contributed by atoms with Gasteiger partial charge in [-0.25, -0.2) is 4.79 Å². The lowest BCUT2D eigenvalue weighted by molar-refractivity contribution is -0.107. The predicted octanol–water partition coefficient (Wildman–Crippen LogP) is 0.0298. The molecule has 2 N–H and O–H groups in total. The topological polar surface area (TPSA) is 60.2 Å². The quantitative estimate of drug-likeness (QED) is 0.329. The van der Waals surface area contributed by atoms with Crippen molar-refractivity contribution in [2.45, 2.75) is 19.3 Å². The fourth-order valence-corrected chi connectivity index (χ4v) is 0.427. The van der Waals surface area contributed by atoms with Crippen LogP contribution >= 0.6 is 0 Å². The van der Waals surface area contributed by atoms with Gasteiger partial charge in [-0.05, 0) is 12.8 Å². The van der Waals surface area contributed by atoms with Crippen LogP contribution in [0.15, 0.2) is 5.70 Å². The highest BCUT2D eigenvalue weighted by Crippen LogP contribution is 1.95. The van der Waals surface area contributed by atoms with Gasteiger partial charge >= 0.3 is 0 Å². The zero-order valence-electron chi connectivity index (χ0n) is 5.09. The molecule has 0 aliphatic heterocycles. The molecule has 0 spiro atoms. The van der Waals surface area contributed by atoms with Gasteiger partial charge < -0.3 is 10.5 Å². The Balaban J connectivity index is 3.27. The number of rotatable bonds is 4. The minimum atomic E-state index is 0.192. The van der Waals surface area contributed by atoms with Gasteiger partial charge in [0.25, 0.3) is 0 Å². The van der Waals surface area contributed by atoms with Crippen LogP contribution in [0.25, 0.3) is 0 Å². The molecule has 0 saturated heterocycles. The van der Waals surface area contributed by atoms with Crippen molar-refractivity contribution in [1.82, 2.24) is 0 Å². The Kier molecular flexibility index (Phi) is 4.46. The van der Waals surface area contributed by atoms with Crippen molar-refractivity contribution in [2.75, 3.05) is 0 Å². The second-order valence-corrected chi connectivity index (χ2v) is 1.69.